The van der Waals surface area contributed by atoms with E-state index < -0.39 is 0 Å². The number of guanidine groups is 1. The van der Waals surface area contributed by atoms with E-state index in [0.29, 0.717) is 18.2 Å². The topological polar surface area (TPSA) is 48.9 Å². The van der Waals surface area contributed by atoms with E-state index in [1.807, 2.05) is 0 Å². The van der Waals surface area contributed by atoms with Crippen LogP contribution in [0.4, 0.5) is 4.39 Å². The molecule has 26 heavy (non-hydrogen) atoms. The third-order valence-electron chi connectivity index (χ3n) is 4.73. The van der Waals surface area contributed by atoms with Crippen LogP contribution >= 0.6 is 0 Å². The quantitative estimate of drug-likeness (QED) is 0.523. The van der Waals surface area contributed by atoms with Crippen LogP contribution in [0.15, 0.2) is 29.3 Å². The molecular weight excluding hydrogens is 331 g/mol. The summed E-state index contributed by atoms with van der Waals surface area (Å²) < 4.78 is 19.2. The lowest BCUT2D eigenvalue weighted by Gasteiger charge is -2.18. The van der Waals surface area contributed by atoms with Gasteiger partial charge >= 0.3 is 0 Å². The third kappa shape index (κ3) is 6.83. The first-order valence-electron chi connectivity index (χ1n) is 9.81. The smallest absolute Gasteiger partial charge is 0.191 e. The zero-order valence-electron chi connectivity index (χ0n) is 16.3. The molecule has 1 fully saturated rings. The molecule has 2 atom stereocenters. The molecule has 1 aromatic carbocycles. The van der Waals surface area contributed by atoms with Crippen molar-refractivity contribution in [1.29, 1.82) is 0 Å². The second-order valence-electron chi connectivity index (χ2n) is 6.75. The highest BCUT2D eigenvalue weighted by Crippen LogP contribution is 2.16. The number of rotatable bonds is 9. The highest BCUT2D eigenvalue weighted by atomic mass is 19.1. The molecule has 0 radical (unpaired) electrons. The van der Waals surface area contributed by atoms with E-state index >= 15 is 0 Å². The van der Waals surface area contributed by atoms with Gasteiger partial charge in [-0.05, 0) is 50.9 Å². The maximum Gasteiger partial charge on any atom is 0.191 e. The molecule has 1 heterocycles. The Morgan fingerprint density at radius 2 is 2.19 bits per heavy atom. The Balaban J connectivity index is 1.85. The highest BCUT2D eigenvalue weighted by molar-refractivity contribution is 5.79. The number of hydrogen-bond donors (Lipinski definition) is 2. The number of benzene rings is 1. The number of nitrogens with one attached hydrogen (secondary N) is 2. The first-order valence-corrected chi connectivity index (χ1v) is 9.81. The zero-order valence-corrected chi connectivity index (χ0v) is 16.3. The molecule has 0 saturated carbocycles. The SMILES string of the molecule is CCNC(=NCC(CC)Oc1cccc(F)c1)NCC1CCN(CC)C1. The van der Waals surface area contributed by atoms with Crippen molar-refractivity contribution in [1.82, 2.24) is 15.5 Å². The zero-order chi connectivity index (χ0) is 18.8. The van der Waals surface area contributed by atoms with Crippen molar-refractivity contribution in [3.8, 4) is 5.75 Å². The average molecular weight is 365 g/mol. The first-order chi connectivity index (χ1) is 12.6. The summed E-state index contributed by atoms with van der Waals surface area (Å²) in [5.74, 6) is 1.76. The number of halogens is 1. The van der Waals surface area contributed by atoms with Crippen LogP contribution in [-0.2, 0) is 0 Å². The molecule has 146 valence electrons. The number of likely N-dealkylation sites (tertiary alicyclic amines) is 1. The molecule has 1 aromatic rings. The Labute approximate surface area is 157 Å². The summed E-state index contributed by atoms with van der Waals surface area (Å²) in [5, 5.41) is 6.75. The van der Waals surface area contributed by atoms with Gasteiger partial charge in [-0.2, -0.15) is 0 Å². The summed E-state index contributed by atoms with van der Waals surface area (Å²) in [4.78, 5) is 7.15. The predicted octanol–water partition coefficient (Wildman–Crippen LogP) is 2.88. The molecule has 2 rings (SSSR count). The lowest BCUT2D eigenvalue weighted by Crippen LogP contribution is -2.41. The molecule has 6 heteroatoms. The molecule has 1 aliphatic rings. The minimum Gasteiger partial charge on any atom is -0.488 e. The van der Waals surface area contributed by atoms with E-state index in [2.05, 4.69) is 41.3 Å². The Morgan fingerprint density at radius 1 is 1.35 bits per heavy atom. The average Bonchev–Trinajstić information content (AvgIpc) is 3.11. The summed E-state index contributed by atoms with van der Waals surface area (Å²) in [6, 6.07) is 6.27. The van der Waals surface area contributed by atoms with Gasteiger partial charge in [0, 0.05) is 25.7 Å². The molecule has 0 amide bonds. The molecule has 0 bridgehead atoms. The fourth-order valence-corrected chi connectivity index (χ4v) is 3.13. The normalized spacial score (nSPS) is 19.4. The van der Waals surface area contributed by atoms with E-state index in [-0.39, 0.29) is 11.9 Å². The van der Waals surface area contributed by atoms with Crippen LogP contribution in [0.25, 0.3) is 0 Å². The predicted molar refractivity (Wildman–Crippen MR) is 105 cm³/mol. The number of ether oxygens (including phenoxy) is 1. The second-order valence-corrected chi connectivity index (χ2v) is 6.75. The molecule has 0 aliphatic carbocycles. The summed E-state index contributed by atoms with van der Waals surface area (Å²) in [6.45, 7) is 12.1. The molecule has 0 spiro atoms. The van der Waals surface area contributed by atoms with Gasteiger partial charge in [-0.25, -0.2) is 9.38 Å². The van der Waals surface area contributed by atoms with Gasteiger partial charge in [0.2, 0.25) is 0 Å². The molecular formula is C20H33FN4O. The van der Waals surface area contributed by atoms with Crippen LogP contribution in [-0.4, -0.2) is 56.2 Å². The third-order valence-corrected chi connectivity index (χ3v) is 4.73. The van der Waals surface area contributed by atoms with E-state index in [0.717, 1.165) is 38.6 Å². The highest BCUT2D eigenvalue weighted by Gasteiger charge is 2.21. The Kier molecular flexibility index (Phi) is 8.68. The minimum absolute atomic E-state index is 0.0747. The Bertz CT molecular complexity index is 566. The van der Waals surface area contributed by atoms with Crippen LogP contribution in [0, 0.1) is 11.7 Å². The first kappa shape index (κ1) is 20.5. The van der Waals surface area contributed by atoms with E-state index in [1.54, 1.807) is 12.1 Å². The molecule has 2 N–H and O–H groups in total. The lowest BCUT2D eigenvalue weighted by atomic mass is 10.1. The summed E-state index contributed by atoms with van der Waals surface area (Å²) >= 11 is 0. The van der Waals surface area contributed by atoms with Gasteiger partial charge in [-0.15, -0.1) is 0 Å². The van der Waals surface area contributed by atoms with E-state index in [9.17, 15) is 4.39 Å². The lowest BCUT2D eigenvalue weighted by molar-refractivity contribution is 0.205. The van der Waals surface area contributed by atoms with Crippen molar-refractivity contribution in [3.05, 3.63) is 30.1 Å². The van der Waals surface area contributed by atoms with Crippen molar-refractivity contribution < 1.29 is 9.13 Å². The molecule has 5 nitrogen and oxygen atoms in total. The molecule has 1 aliphatic heterocycles. The van der Waals surface area contributed by atoms with Gasteiger partial charge in [0.25, 0.3) is 0 Å². The van der Waals surface area contributed by atoms with Gasteiger partial charge in [-0.3, -0.25) is 0 Å². The standard InChI is InChI=1S/C20H33FN4O/c1-4-18(26-19-9-7-8-17(21)12-19)14-24-20(22-5-2)23-13-16-10-11-25(6-3)15-16/h7-9,12,16,18H,4-6,10-11,13-15H2,1-3H3,(H2,22,23,24). The number of aliphatic imine (C=N–C) groups is 1. The van der Waals surface area contributed by atoms with Crippen molar-refractivity contribution in [2.45, 2.75) is 39.7 Å². The van der Waals surface area contributed by atoms with Gasteiger partial charge < -0.3 is 20.3 Å². The fraction of sp³-hybridized carbons (Fsp3) is 0.650. The molecule has 1 saturated heterocycles. The second kappa shape index (κ2) is 11.0. The van der Waals surface area contributed by atoms with Gasteiger partial charge in [0.1, 0.15) is 17.7 Å². The number of nitrogens with zero attached hydrogens (tertiary/aromatic N) is 2. The fourth-order valence-electron chi connectivity index (χ4n) is 3.13. The maximum atomic E-state index is 13.3. The van der Waals surface area contributed by atoms with Crippen LogP contribution in [0.1, 0.15) is 33.6 Å². The largest absolute Gasteiger partial charge is 0.488 e. The van der Waals surface area contributed by atoms with Crippen LogP contribution in [0.5, 0.6) is 5.75 Å². The maximum absolute atomic E-state index is 13.3. The van der Waals surface area contributed by atoms with E-state index in [1.165, 1.54) is 25.1 Å². The van der Waals surface area contributed by atoms with Crippen molar-refractivity contribution in [2.75, 3.05) is 39.3 Å². The summed E-state index contributed by atoms with van der Waals surface area (Å²) in [7, 11) is 0. The minimum atomic E-state index is -0.284. The van der Waals surface area contributed by atoms with Crippen LogP contribution in [0.3, 0.4) is 0 Å². The monoisotopic (exact) mass is 364 g/mol. The van der Waals surface area contributed by atoms with Crippen molar-refractivity contribution in [3.63, 3.8) is 0 Å². The van der Waals surface area contributed by atoms with Crippen LogP contribution in [0.2, 0.25) is 0 Å². The van der Waals surface area contributed by atoms with Crippen molar-refractivity contribution >= 4 is 5.96 Å². The Morgan fingerprint density at radius 3 is 2.85 bits per heavy atom. The van der Waals surface area contributed by atoms with E-state index in [4.69, 9.17) is 4.74 Å². The van der Waals surface area contributed by atoms with Gasteiger partial charge in [0.05, 0.1) is 6.54 Å². The van der Waals surface area contributed by atoms with Crippen molar-refractivity contribution in [2.24, 2.45) is 10.9 Å². The Hall–Kier alpha value is -1.82. The van der Waals surface area contributed by atoms with Gasteiger partial charge in [-0.1, -0.05) is 19.9 Å². The number of hydrogen-bond acceptors (Lipinski definition) is 3. The summed E-state index contributed by atoms with van der Waals surface area (Å²) in [5.41, 5.74) is 0. The summed E-state index contributed by atoms with van der Waals surface area (Å²) in [6.07, 6.45) is 1.97. The van der Waals surface area contributed by atoms with Gasteiger partial charge in [0.15, 0.2) is 5.96 Å². The molecule has 0 aromatic heterocycles. The van der Waals surface area contributed by atoms with Crippen LogP contribution < -0.4 is 15.4 Å². The molecule has 2 unspecified atom stereocenters.